The lowest BCUT2D eigenvalue weighted by Gasteiger charge is -2.20. The molecule has 0 saturated heterocycles. The molecule has 0 heterocycles. The van der Waals surface area contributed by atoms with E-state index in [9.17, 15) is 10.1 Å². The second-order valence-electron chi connectivity index (χ2n) is 5.35. The van der Waals surface area contributed by atoms with E-state index in [4.69, 9.17) is 4.74 Å². The molecule has 0 aromatic heterocycles. The van der Waals surface area contributed by atoms with Gasteiger partial charge in [-0.2, -0.15) is 0 Å². The number of hydrogen-bond donors (Lipinski definition) is 1. The molecule has 1 rings (SSSR count). The predicted octanol–water partition coefficient (Wildman–Crippen LogP) is 3.53. The summed E-state index contributed by atoms with van der Waals surface area (Å²) in [5, 5.41) is 14.4. The Morgan fingerprint density at radius 3 is 2.59 bits per heavy atom. The maximum Gasteiger partial charge on any atom is 0.296 e. The minimum Gasteiger partial charge on any atom is -0.496 e. The van der Waals surface area contributed by atoms with Gasteiger partial charge in [-0.05, 0) is 51.5 Å². The molecule has 0 aliphatic rings. The summed E-state index contributed by atoms with van der Waals surface area (Å²) in [5.74, 6) is 0.492. The molecule has 6 heteroatoms. The first-order valence-corrected chi connectivity index (χ1v) is 7.83. The maximum atomic E-state index is 11.2. The van der Waals surface area contributed by atoms with E-state index in [1.54, 1.807) is 12.1 Å². The molecule has 0 spiro atoms. The molecule has 22 heavy (non-hydrogen) atoms. The number of methoxy groups -OCH3 is 1. The summed E-state index contributed by atoms with van der Waals surface area (Å²) in [5.41, 5.74) is 0.594. The van der Waals surface area contributed by atoms with Crippen molar-refractivity contribution in [3.8, 4) is 5.75 Å². The Labute approximate surface area is 132 Å². The number of nitro groups is 1. The topological polar surface area (TPSA) is 67.6 Å². The standard InChI is InChI=1S/C16H27N3O3/c1-5-18(6-2)11-7-8-13(3)17-15-10-9-14(22-4)12-16(15)19(20)21/h9-10,12-13,17H,5-8,11H2,1-4H3. The molecule has 1 unspecified atom stereocenters. The molecule has 1 atom stereocenters. The predicted molar refractivity (Wildman–Crippen MR) is 89.8 cm³/mol. The van der Waals surface area contributed by atoms with E-state index < -0.39 is 0 Å². The van der Waals surface area contributed by atoms with Crippen molar-refractivity contribution in [2.24, 2.45) is 0 Å². The maximum absolute atomic E-state index is 11.2. The average molecular weight is 309 g/mol. The molecule has 1 aromatic carbocycles. The zero-order valence-corrected chi connectivity index (χ0v) is 14.0. The molecule has 6 nitrogen and oxygen atoms in total. The van der Waals surface area contributed by atoms with E-state index in [1.807, 2.05) is 0 Å². The first kappa shape index (κ1) is 18.2. The quantitative estimate of drug-likeness (QED) is 0.529. The SMILES string of the molecule is CCN(CC)CCCC(C)Nc1ccc(OC)cc1[N+](=O)[O-]. The molecular weight excluding hydrogens is 282 g/mol. The number of nitro benzene ring substituents is 1. The highest BCUT2D eigenvalue weighted by Crippen LogP contribution is 2.29. The van der Waals surface area contributed by atoms with Gasteiger partial charge in [0.2, 0.25) is 0 Å². The molecule has 0 aliphatic heterocycles. The average Bonchev–Trinajstić information content (AvgIpc) is 2.51. The van der Waals surface area contributed by atoms with Gasteiger partial charge in [0.05, 0.1) is 18.1 Å². The zero-order valence-electron chi connectivity index (χ0n) is 14.0. The monoisotopic (exact) mass is 309 g/mol. The van der Waals surface area contributed by atoms with Crippen LogP contribution in [0, 0.1) is 10.1 Å². The van der Waals surface area contributed by atoms with E-state index in [0.29, 0.717) is 11.4 Å². The fourth-order valence-corrected chi connectivity index (χ4v) is 2.41. The van der Waals surface area contributed by atoms with E-state index in [0.717, 1.165) is 32.5 Å². The van der Waals surface area contributed by atoms with Crippen molar-refractivity contribution in [1.29, 1.82) is 0 Å². The highest BCUT2D eigenvalue weighted by atomic mass is 16.6. The summed E-state index contributed by atoms with van der Waals surface area (Å²) >= 11 is 0. The minimum absolute atomic E-state index is 0.0509. The second kappa shape index (κ2) is 9.25. The Morgan fingerprint density at radius 2 is 2.05 bits per heavy atom. The van der Waals surface area contributed by atoms with Gasteiger partial charge in [-0.15, -0.1) is 0 Å². The number of hydrogen-bond acceptors (Lipinski definition) is 5. The first-order valence-electron chi connectivity index (χ1n) is 7.83. The van der Waals surface area contributed by atoms with Crippen LogP contribution in [-0.2, 0) is 0 Å². The van der Waals surface area contributed by atoms with Crippen LogP contribution in [0.5, 0.6) is 5.75 Å². The van der Waals surface area contributed by atoms with Crippen LogP contribution in [0.3, 0.4) is 0 Å². The summed E-state index contributed by atoms with van der Waals surface area (Å²) < 4.78 is 5.04. The summed E-state index contributed by atoms with van der Waals surface area (Å²) in [4.78, 5) is 13.2. The van der Waals surface area contributed by atoms with Gasteiger partial charge in [0.15, 0.2) is 0 Å². The summed E-state index contributed by atoms with van der Waals surface area (Å²) in [7, 11) is 1.50. The molecule has 0 saturated carbocycles. The number of anilines is 1. The van der Waals surface area contributed by atoms with Gasteiger partial charge in [-0.3, -0.25) is 10.1 Å². The lowest BCUT2D eigenvalue weighted by Crippen LogP contribution is -2.25. The number of nitrogens with zero attached hydrogens (tertiary/aromatic N) is 2. The van der Waals surface area contributed by atoms with Gasteiger partial charge < -0.3 is 15.0 Å². The molecule has 1 N–H and O–H groups in total. The van der Waals surface area contributed by atoms with Crippen LogP contribution >= 0.6 is 0 Å². The van der Waals surface area contributed by atoms with Gasteiger partial charge in [0.25, 0.3) is 5.69 Å². The van der Waals surface area contributed by atoms with E-state index in [1.165, 1.54) is 13.2 Å². The molecule has 124 valence electrons. The van der Waals surface area contributed by atoms with Crippen LogP contribution in [-0.4, -0.2) is 42.6 Å². The molecule has 0 fully saturated rings. The molecule has 0 radical (unpaired) electrons. The van der Waals surface area contributed by atoms with Crippen molar-refractivity contribution < 1.29 is 9.66 Å². The normalized spacial score (nSPS) is 12.2. The summed E-state index contributed by atoms with van der Waals surface area (Å²) in [6, 6.07) is 5.07. The Hall–Kier alpha value is -1.82. The highest BCUT2D eigenvalue weighted by Gasteiger charge is 2.16. The molecular formula is C16H27N3O3. The molecule has 1 aromatic rings. The van der Waals surface area contributed by atoms with Crippen LogP contribution < -0.4 is 10.1 Å². The summed E-state index contributed by atoms with van der Waals surface area (Å²) in [6.07, 6.45) is 2.04. The van der Waals surface area contributed by atoms with Crippen molar-refractivity contribution >= 4 is 11.4 Å². The van der Waals surface area contributed by atoms with Gasteiger partial charge in [-0.1, -0.05) is 13.8 Å². The smallest absolute Gasteiger partial charge is 0.296 e. The molecule has 0 amide bonds. The first-order chi connectivity index (χ1) is 10.5. The van der Waals surface area contributed by atoms with Crippen molar-refractivity contribution in [2.75, 3.05) is 32.1 Å². The van der Waals surface area contributed by atoms with Gasteiger partial charge in [-0.25, -0.2) is 0 Å². The highest BCUT2D eigenvalue weighted by molar-refractivity contribution is 5.64. The third kappa shape index (κ3) is 5.52. The number of ether oxygens (including phenoxy) is 1. The van der Waals surface area contributed by atoms with Crippen LogP contribution in [0.4, 0.5) is 11.4 Å². The van der Waals surface area contributed by atoms with E-state index in [-0.39, 0.29) is 16.7 Å². The van der Waals surface area contributed by atoms with Gasteiger partial charge in [0, 0.05) is 6.04 Å². The van der Waals surface area contributed by atoms with Crippen LogP contribution in [0.25, 0.3) is 0 Å². The molecule has 0 aliphatic carbocycles. The van der Waals surface area contributed by atoms with Crippen molar-refractivity contribution in [2.45, 2.75) is 39.7 Å². The fraction of sp³-hybridized carbons (Fsp3) is 0.625. The Kier molecular flexibility index (Phi) is 7.66. The van der Waals surface area contributed by atoms with Crippen molar-refractivity contribution in [3.05, 3.63) is 28.3 Å². The second-order valence-corrected chi connectivity index (χ2v) is 5.35. The Balaban J connectivity index is 2.60. The minimum atomic E-state index is -0.381. The van der Waals surface area contributed by atoms with Gasteiger partial charge in [0.1, 0.15) is 11.4 Å². The summed E-state index contributed by atoms with van der Waals surface area (Å²) in [6.45, 7) is 9.54. The number of nitrogens with one attached hydrogen (secondary N) is 1. The molecule has 0 bridgehead atoms. The fourth-order valence-electron chi connectivity index (χ4n) is 2.41. The lowest BCUT2D eigenvalue weighted by molar-refractivity contribution is -0.384. The zero-order chi connectivity index (χ0) is 16.5. The number of benzene rings is 1. The van der Waals surface area contributed by atoms with Crippen molar-refractivity contribution in [3.63, 3.8) is 0 Å². The van der Waals surface area contributed by atoms with Crippen LogP contribution in [0.2, 0.25) is 0 Å². The van der Waals surface area contributed by atoms with E-state index in [2.05, 4.69) is 31.0 Å². The lowest BCUT2D eigenvalue weighted by atomic mass is 10.1. The van der Waals surface area contributed by atoms with Gasteiger partial charge >= 0.3 is 0 Å². The largest absolute Gasteiger partial charge is 0.496 e. The third-order valence-corrected chi connectivity index (χ3v) is 3.81. The Bertz CT molecular complexity index is 476. The van der Waals surface area contributed by atoms with Crippen LogP contribution in [0.15, 0.2) is 18.2 Å². The van der Waals surface area contributed by atoms with Crippen LogP contribution in [0.1, 0.15) is 33.6 Å². The third-order valence-electron chi connectivity index (χ3n) is 3.81. The Morgan fingerprint density at radius 1 is 1.36 bits per heavy atom. The van der Waals surface area contributed by atoms with E-state index >= 15 is 0 Å². The number of rotatable bonds is 10. The van der Waals surface area contributed by atoms with Crippen molar-refractivity contribution in [1.82, 2.24) is 4.90 Å².